The molecule has 17 heavy (non-hydrogen) atoms. The van der Waals surface area contributed by atoms with Gasteiger partial charge in [0.1, 0.15) is 11.9 Å². The van der Waals surface area contributed by atoms with Gasteiger partial charge in [-0.05, 0) is 42.5 Å². The van der Waals surface area contributed by atoms with Crippen molar-refractivity contribution >= 4 is 5.97 Å². The normalized spacial score (nSPS) is 17.7. The number of rotatable bonds is 3. The second kappa shape index (κ2) is 4.78. The number of hydrogen-bond acceptors (Lipinski definition) is 3. The molecule has 0 radical (unpaired) electrons. The highest BCUT2D eigenvalue weighted by molar-refractivity contribution is 5.69. The Bertz CT molecular complexity index is 437. The summed E-state index contributed by atoms with van der Waals surface area (Å²) in [6.07, 6.45) is 2.21. The van der Waals surface area contributed by atoms with Crippen molar-refractivity contribution in [3.8, 4) is 5.75 Å². The van der Waals surface area contributed by atoms with Crippen LogP contribution < -0.4 is 4.74 Å². The van der Waals surface area contributed by atoms with Crippen LogP contribution in [-0.4, -0.2) is 13.1 Å². The van der Waals surface area contributed by atoms with E-state index in [0.29, 0.717) is 6.42 Å². The van der Waals surface area contributed by atoms with Gasteiger partial charge < -0.3 is 9.47 Å². The van der Waals surface area contributed by atoms with E-state index in [4.69, 9.17) is 9.47 Å². The average molecular weight is 234 g/mol. The maximum Gasteiger partial charge on any atom is 0.306 e. The first-order valence-electron chi connectivity index (χ1n) is 6.03. The maximum absolute atomic E-state index is 11.3. The van der Waals surface area contributed by atoms with Gasteiger partial charge in [-0.1, -0.05) is 13.0 Å². The predicted octanol–water partition coefficient (Wildman–Crippen LogP) is 2.94. The minimum Gasteiger partial charge on any atom is -0.496 e. The van der Waals surface area contributed by atoms with Crippen LogP contribution in [0.4, 0.5) is 0 Å². The van der Waals surface area contributed by atoms with Crippen LogP contribution >= 0.6 is 0 Å². The van der Waals surface area contributed by atoms with E-state index < -0.39 is 0 Å². The third-order valence-electron chi connectivity index (χ3n) is 3.37. The fraction of sp³-hybridized carbons (Fsp3) is 0.500. The highest BCUT2D eigenvalue weighted by Gasteiger charge is 2.27. The molecule has 0 fully saturated rings. The lowest BCUT2D eigenvalue weighted by Crippen LogP contribution is -2.07. The van der Waals surface area contributed by atoms with Gasteiger partial charge in [0.25, 0.3) is 0 Å². The van der Waals surface area contributed by atoms with Gasteiger partial charge in [-0.3, -0.25) is 4.79 Å². The zero-order chi connectivity index (χ0) is 12.4. The number of hydrogen-bond donors (Lipinski definition) is 0. The van der Waals surface area contributed by atoms with Crippen molar-refractivity contribution in [3.05, 3.63) is 28.8 Å². The van der Waals surface area contributed by atoms with Gasteiger partial charge in [0.15, 0.2) is 0 Å². The summed E-state index contributed by atoms with van der Waals surface area (Å²) < 4.78 is 10.7. The van der Waals surface area contributed by atoms with Crippen LogP contribution in [0.1, 0.15) is 42.6 Å². The molecule has 0 saturated heterocycles. The van der Waals surface area contributed by atoms with E-state index in [2.05, 4.69) is 6.92 Å². The molecule has 0 aromatic heterocycles. The van der Waals surface area contributed by atoms with E-state index in [1.807, 2.05) is 19.1 Å². The maximum atomic E-state index is 11.3. The lowest BCUT2D eigenvalue weighted by molar-refractivity contribution is -0.148. The summed E-state index contributed by atoms with van der Waals surface area (Å²) in [5, 5.41) is 0. The third kappa shape index (κ3) is 2.14. The van der Waals surface area contributed by atoms with Gasteiger partial charge in [-0.25, -0.2) is 0 Å². The highest BCUT2D eigenvalue weighted by Crippen LogP contribution is 2.38. The number of carbonyl (C=O) groups excluding carboxylic acids is 1. The lowest BCUT2D eigenvalue weighted by atomic mass is 10.0. The molecule has 0 amide bonds. The largest absolute Gasteiger partial charge is 0.496 e. The van der Waals surface area contributed by atoms with Gasteiger partial charge in [0.05, 0.1) is 7.11 Å². The van der Waals surface area contributed by atoms with Gasteiger partial charge in [0, 0.05) is 6.42 Å². The second-order valence-electron chi connectivity index (χ2n) is 4.33. The number of fused-ring (bicyclic) bond motifs is 1. The Labute approximate surface area is 102 Å². The van der Waals surface area contributed by atoms with Crippen LogP contribution in [-0.2, 0) is 16.0 Å². The van der Waals surface area contributed by atoms with E-state index in [9.17, 15) is 4.79 Å². The molecule has 1 unspecified atom stereocenters. The van der Waals surface area contributed by atoms with Crippen LogP contribution in [0.2, 0.25) is 0 Å². The van der Waals surface area contributed by atoms with Gasteiger partial charge >= 0.3 is 5.97 Å². The van der Waals surface area contributed by atoms with Crippen molar-refractivity contribution in [2.45, 2.75) is 39.2 Å². The van der Waals surface area contributed by atoms with Crippen molar-refractivity contribution < 1.29 is 14.3 Å². The van der Waals surface area contributed by atoms with Crippen molar-refractivity contribution in [2.75, 3.05) is 7.11 Å². The second-order valence-corrected chi connectivity index (χ2v) is 4.33. The van der Waals surface area contributed by atoms with Crippen molar-refractivity contribution in [1.82, 2.24) is 0 Å². The summed E-state index contributed by atoms with van der Waals surface area (Å²) in [4.78, 5) is 11.3. The molecule has 3 nitrogen and oxygen atoms in total. The molecule has 3 heteroatoms. The predicted molar refractivity (Wildman–Crippen MR) is 65.2 cm³/mol. The third-order valence-corrected chi connectivity index (χ3v) is 3.37. The topological polar surface area (TPSA) is 35.5 Å². The zero-order valence-corrected chi connectivity index (χ0v) is 10.6. The average Bonchev–Trinajstić information content (AvgIpc) is 2.74. The summed E-state index contributed by atoms with van der Waals surface area (Å²) in [5.74, 6) is 0.780. The summed E-state index contributed by atoms with van der Waals surface area (Å²) in [5.41, 5.74) is 3.59. The molecule has 1 aliphatic rings. The molecule has 0 bridgehead atoms. The fourth-order valence-corrected chi connectivity index (χ4v) is 2.41. The molecule has 1 atom stereocenters. The molecular weight excluding hydrogens is 216 g/mol. The van der Waals surface area contributed by atoms with E-state index >= 15 is 0 Å². The van der Waals surface area contributed by atoms with E-state index in [0.717, 1.165) is 24.2 Å². The summed E-state index contributed by atoms with van der Waals surface area (Å²) in [7, 11) is 1.68. The smallest absolute Gasteiger partial charge is 0.306 e. The molecule has 0 saturated carbocycles. The Hall–Kier alpha value is -1.51. The number of benzene rings is 1. The Morgan fingerprint density at radius 3 is 2.88 bits per heavy atom. The van der Waals surface area contributed by atoms with Gasteiger partial charge in [-0.15, -0.1) is 0 Å². The molecule has 0 spiro atoms. The van der Waals surface area contributed by atoms with Crippen LogP contribution in [0, 0.1) is 6.92 Å². The first kappa shape index (κ1) is 12.0. The van der Waals surface area contributed by atoms with Gasteiger partial charge in [-0.2, -0.15) is 0 Å². The molecule has 1 aliphatic carbocycles. The summed E-state index contributed by atoms with van der Waals surface area (Å²) in [6, 6.07) is 3.97. The first-order chi connectivity index (χ1) is 8.17. The van der Waals surface area contributed by atoms with E-state index in [1.54, 1.807) is 7.11 Å². The number of ether oxygens (including phenoxy) is 2. The van der Waals surface area contributed by atoms with Crippen molar-refractivity contribution in [1.29, 1.82) is 0 Å². The van der Waals surface area contributed by atoms with Crippen molar-refractivity contribution in [3.63, 3.8) is 0 Å². The number of carbonyl (C=O) groups is 1. The summed E-state index contributed by atoms with van der Waals surface area (Å²) in [6.45, 7) is 3.87. The van der Waals surface area contributed by atoms with Crippen molar-refractivity contribution in [2.24, 2.45) is 0 Å². The quantitative estimate of drug-likeness (QED) is 0.754. The van der Waals surface area contributed by atoms with Crippen LogP contribution in [0.3, 0.4) is 0 Å². The van der Waals surface area contributed by atoms with Crippen LogP contribution in [0.15, 0.2) is 12.1 Å². The van der Waals surface area contributed by atoms with E-state index in [1.165, 1.54) is 11.1 Å². The molecule has 1 aromatic carbocycles. The first-order valence-corrected chi connectivity index (χ1v) is 6.03. The Kier molecular flexibility index (Phi) is 3.36. The Balaban J connectivity index is 2.27. The minimum atomic E-state index is -0.128. The lowest BCUT2D eigenvalue weighted by Gasteiger charge is -2.14. The Morgan fingerprint density at radius 1 is 1.47 bits per heavy atom. The molecule has 0 aliphatic heterocycles. The van der Waals surface area contributed by atoms with Gasteiger partial charge in [0.2, 0.25) is 0 Å². The standard InChI is InChI=1S/C14H18O3/c1-4-14(15)17-13-8-5-10-9(2)12(16-3)7-6-11(10)13/h6-7,13H,4-5,8H2,1-3H3. The SMILES string of the molecule is CCC(=O)OC1CCc2c1ccc(OC)c2C. The monoisotopic (exact) mass is 234 g/mol. The van der Waals surface area contributed by atoms with E-state index in [-0.39, 0.29) is 12.1 Å². The minimum absolute atomic E-state index is 0.0675. The van der Waals surface area contributed by atoms with Crippen LogP contribution in [0.25, 0.3) is 0 Å². The molecule has 1 aromatic rings. The molecule has 92 valence electrons. The molecular formula is C14H18O3. The molecule has 0 heterocycles. The molecule has 2 rings (SSSR count). The highest BCUT2D eigenvalue weighted by atomic mass is 16.5. The zero-order valence-electron chi connectivity index (χ0n) is 10.6. The molecule has 0 N–H and O–H groups in total. The fourth-order valence-electron chi connectivity index (χ4n) is 2.41. The number of esters is 1. The van der Waals surface area contributed by atoms with Crippen LogP contribution in [0.5, 0.6) is 5.75 Å². The summed E-state index contributed by atoms with van der Waals surface area (Å²) >= 11 is 0. The number of methoxy groups -OCH3 is 1. The Morgan fingerprint density at radius 2 is 2.24 bits per heavy atom.